The van der Waals surface area contributed by atoms with E-state index in [1.165, 1.54) is 4.68 Å². The number of piperidine rings is 1. The van der Waals surface area contributed by atoms with Gasteiger partial charge in [0.1, 0.15) is 5.69 Å². The normalized spacial score (nSPS) is 19.6. The molecule has 2 fully saturated rings. The van der Waals surface area contributed by atoms with E-state index in [4.69, 9.17) is 0 Å². The first-order chi connectivity index (χ1) is 14.8. The molecule has 1 unspecified atom stereocenters. The Hall–Kier alpha value is -1.78. The molecule has 7 nitrogen and oxygen atoms in total. The van der Waals surface area contributed by atoms with Crippen molar-refractivity contribution in [2.45, 2.75) is 64.5 Å². The van der Waals surface area contributed by atoms with Crippen molar-refractivity contribution < 1.29 is 9.18 Å². The molecule has 0 spiro atoms. The fourth-order valence-electron chi connectivity index (χ4n) is 4.01. The van der Waals surface area contributed by atoms with E-state index in [2.05, 4.69) is 40.9 Å². The van der Waals surface area contributed by atoms with Crippen LogP contribution in [0.25, 0.3) is 0 Å². The molecular formula is C21H31FN6OS2. The zero-order chi connectivity index (χ0) is 22.1. The number of likely N-dealkylation sites (N-methyl/N-ethyl adjacent to an activating group) is 1. The maximum atomic E-state index is 15.1. The van der Waals surface area contributed by atoms with Crippen LogP contribution in [0.4, 0.5) is 20.6 Å². The SMILES string of the molecule is Cc1cc(NC(=O)NSN(c2cnn(C3CC3)c2F)C2CCCN(C)C2)c(C(C)C)s1. The van der Waals surface area contributed by atoms with Gasteiger partial charge < -0.3 is 10.2 Å². The second kappa shape index (κ2) is 9.38. The van der Waals surface area contributed by atoms with Gasteiger partial charge in [-0.15, -0.1) is 11.3 Å². The van der Waals surface area contributed by atoms with Crippen LogP contribution in [0.1, 0.15) is 61.2 Å². The van der Waals surface area contributed by atoms with Crippen LogP contribution in [0, 0.1) is 12.9 Å². The molecule has 4 rings (SSSR count). The standard InChI is InChI=1S/C21H31FN6OS2/c1-13(2)19-17(10-14(3)30-19)24-21(29)25-31-28(16-6-5-9-26(4)12-16)18-11-23-27(20(18)22)15-7-8-15/h10-11,13,15-16H,5-9,12H2,1-4H3,(H2,24,25,29). The predicted molar refractivity (Wildman–Crippen MR) is 126 cm³/mol. The molecule has 0 aromatic carbocycles. The maximum absolute atomic E-state index is 15.1. The van der Waals surface area contributed by atoms with E-state index in [0.717, 1.165) is 66.3 Å². The summed E-state index contributed by atoms with van der Waals surface area (Å²) < 4.78 is 21.4. The van der Waals surface area contributed by atoms with Crippen LogP contribution in [0.3, 0.4) is 0 Å². The molecule has 1 saturated heterocycles. The van der Waals surface area contributed by atoms with Crippen LogP contribution < -0.4 is 14.3 Å². The molecule has 1 aliphatic carbocycles. The number of nitrogens with zero attached hydrogens (tertiary/aromatic N) is 4. The third-order valence-corrected chi connectivity index (χ3v) is 7.99. The van der Waals surface area contributed by atoms with E-state index >= 15 is 4.39 Å². The smallest absolute Gasteiger partial charge is 0.306 e. The predicted octanol–water partition coefficient (Wildman–Crippen LogP) is 5.14. The molecule has 2 aromatic rings. The van der Waals surface area contributed by atoms with Gasteiger partial charge in [-0.3, -0.25) is 9.03 Å². The summed E-state index contributed by atoms with van der Waals surface area (Å²) in [5, 5.41) is 7.25. The highest BCUT2D eigenvalue weighted by Crippen LogP contribution is 2.39. The Balaban J connectivity index is 1.48. The average molecular weight is 467 g/mol. The number of hydrogen-bond acceptors (Lipinski definition) is 6. The molecule has 170 valence electrons. The number of thiophene rings is 1. The van der Waals surface area contributed by atoms with Crippen LogP contribution in [-0.4, -0.2) is 46.9 Å². The number of aromatic nitrogens is 2. The largest absolute Gasteiger partial charge is 0.330 e. The Morgan fingerprint density at radius 2 is 2.16 bits per heavy atom. The van der Waals surface area contributed by atoms with Crippen LogP contribution in [0.15, 0.2) is 12.3 Å². The summed E-state index contributed by atoms with van der Waals surface area (Å²) in [5.41, 5.74) is 1.28. The fourth-order valence-corrected chi connectivity index (χ4v) is 5.76. The van der Waals surface area contributed by atoms with E-state index in [0.29, 0.717) is 11.6 Å². The molecular weight excluding hydrogens is 435 g/mol. The average Bonchev–Trinajstić information content (AvgIpc) is 3.39. The van der Waals surface area contributed by atoms with Gasteiger partial charge in [-0.1, -0.05) is 13.8 Å². The summed E-state index contributed by atoms with van der Waals surface area (Å²) in [6.45, 7) is 8.11. The number of anilines is 2. The Kier molecular flexibility index (Phi) is 6.78. The number of nitrogens with one attached hydrogen (secondary N) is 2. The fraction of sp³-hybridized carbons (Fsp3) is 0.619. The number of aryl methyl sites for hydroxylation is 1. The highest BCUT2D eigenvalue weighted by atomic mass is 32.2. The summed E-state index contributed by atoms with van der Waals surface area (Å²) in [6, 6.07) is 1.94. The summed E-state index contributed by atoms with van der Waals surface area (Å²) in [7, 11) is 2.07. The first kappa shape index (κ1) is 22.4. The monoisotopic (exact) mass is 466 g/mol. The van der Waals surface area contributed by atoms with Gasteiger partial charge in [0, 0.05) is 16.3 Å². The van der Waals surface area contributed by atoms with Gasteiger partial charge in [0.25, 0.3) is 0 Å². The van der Waals surface area contributed by atoms with Crippen molar-refractivity contribution in [2.75, 3.05) is 29.8 Å². The molecule has 0 bridgehead atoms. The van der Waals surface area contributed by atoms with Gasteiger partial charge in [-0.2, -0.15) is 9.49 Å². The molecule has 2 aromatic heterocycles. The molecule has 31 heavy (non-hydrogen) atoms. The van der Waals surface area contributed by atoms with Crippen LogP contribution in [0.2, 0.25) is 0 Å². The topological polar surface area (TPSA) is 65.4 Å². The minimum atomic E-state index is -0.319. The third kappa shape index (κ3) is 5.18. The number of halogens is 1. The molecule has 0 radical (unpaired) electrons. The van der Waals surface area contributed by atoms with Crippen LogP contribution in [0.5, 0.6) is 0 Å². The molecule has 2 N–H and O–H groups in total. The number of likely N-dealkylation sites (tertiary alicyclic amines) is 1. The van der Waals surface area contributed by atoms with Crippen molar-refractivity contribution in [3.05, 3.63) is 28.0 Å². The van der Waals surface area contributed by atoms with Gasteiger partial charge in [-0.05, 0) is 58.2 Å². The molecule has 2 amide bonds. The van der Waals surface area contributed by atoms with Crippen molar-refractivity contribution >= 4 is 40.9 Å². The van der Waals surface area contributed by atoms with Crippen molar-refractivity contribution in [1.29, 1.82) is 0 Å². The zero-order valence-corrected chi connectivity index (χ0v) is 20.2. The van der Waals surface area contributed by atoms with Gasteiger partial charge in [0.05, 0.1) is 36.1 Å². The van der Waals surface area contributed by atoms with Crippen LogP contribution in [-0.2, 0) is 0 Å². The van der Waals surface area contributed by atoms with E-state index in [9.17, 15) is 4.79 Å². The number of rotatable bonds is 7. The van der Waals surface area contributed by atoms with Crippen LogP contribution >= 0.6 is 23.5 Å². The second-order valence-corrected chi connectivity index (χ2v) is 10.9. The lowest BCUT2D eigenvalue weighted by molar-refractivity contribution is 0.253. The summed E-state index contributed by atoms with van der Waals surface area (Å²) in [4.78, 5) is 17.3. The van der Waals surface area contributed by atoms with E-state index in [1.807, 2.05) is 17.3 Å². The molecule has 1 saturated carbocycles. The number of urea groups is 1. The minimum absolute atomic E-state index is 0.0880. The number of hydrogen-bond donors (Lipinski definition) is 2. The van der Waals surface area contributed by atoms with E-state index in [-0.39, 0.29) is 24.1 Å². The van der Waals surface area contributed by atoms with Gasteiger partial charge >= 0.3 is 6.03 Å². The third-order valence-electron chi connectivity index (χ3n) is 5.67. The van der Waals surface area contributed by atoms with Crippen molar-refractivity contribution in [1.82, 2.24) is 19.4 Å². The number of carbonyl (C=O) groups is 1. The summed E-state index contributed by atoms with van der Waals surface area (Å²) in [5.74, 6) is 0.0132. The molecule has 1 atom stereocenters. The summed E-state index contributed by atoms with van der Waals surface area (Å²) >= 11 is 2.84. The van der Waals surface area contributed by atoms with E-state index in [1.54, 1.807) is 17.5 Å². The minimum Gasteiger partial charge on any atom is -0.306 e. The van der Waals surface area contributed by atoms with Crippen molar-refractivity contribution in [3.63, 3.8) is 0 Å². The number of carbonyl (C=O) groups excluding carboxylic acids is 1. The van der Waals surface area contributed by atoms with Gasteiger partial charge in [-0.25, -0.2) is 9.48 Å². The van der Waals surface area contributed by atoms with Gasteiger partial charge in [0.2, 0.25) is 5.95 Å². The molecule has 10 heteroatoms. The van der Waals surface area contributed by atoms with Gasteiger partial charge in [0.15, 0.2) is 0 Å². The maximum Gasteiger partial charge on any atom is 0.330 e. The quantitative estimate of drug-likeness (QED) is 0.554. The Labute approximate surface area is 191 Å². The van der Waals surface area contributed by atoms with Crippen molar-refractivity contribution in [2.24, 2.45) is 0 Å². The highest BCUT2D eigenvalue weighted by molar-refractivity contribution is 7.99. The molecule has 1 aliphatic heterocycles. The summed E-state index contributed by atoms with van der Waals surface area (Å²) in [6.07, 6.45) is 5.51. The highest BCUT2D eigenvalue weighted by Gasteiger charge is 2.33. The Bertz CT molecular complexity index is 925. The molecule has 3 heterocycles. The number of amides is 2. The lowest BCUT2D eigenvalue weighted by atomic mass is 10.1. The van der Waals surface area contributed by atoms with Crippen molar-refractivity contribution in [3.8, 4) is 0 Å². The van der Waals surface area contributed by atoms with E-state index < -0.39 is 0 Å². The second-order valence-electron chi connectivity index (χ2n) is 8.82. The zero-order valence-electron chi connectivity index (χ0n) is 18.5. The lowest BCUT2D eigenvalue weighted by Crippen LogP contribution is -2.45. The first-order valence-corrected chi connectivity index (χ1v) is 12.5. The Morgan fingerprint density at radius 1 is 1.39 bits per heavy atom. The lowest BCUT2D eigenvalue weighted by Gasteiger charge is -2.37. The Morgan fingerprint density at radius 3 is 2.84 bits per heavy atom. The molecule has 2 aliphatic rings. The first-order valence-electron chi connectivity index (χ1n) is 10.9.